The number of aromatic amines is 1. The molecule has 0 saturated heterocycles. The average Bonchev–Trinajstić information content (AvgIpc) is 2.44. The maximum Gasteiger partial charge on any atom is 0.107 e. The van der Waals surface area contributed by atoms with E-state index in [1.807, 2.05) is 16.2 Å². The fraction of sp³-hybridized carbons (Fsp3) is 0.250. The molecule has 2 rings (SSSR count). The molecule has 5 heteroatoms. The molecule has 2 nitrogen and oxygen atoms in total. The van der Waals surface area contributed by atoms with Gasteiger partial charge in [0.25, 0.3) is 0 Å². The third-order valence-corrected chi connectivity index (χ3v) is 3.42. The molecule has 0 spiro atoms. The van der Waals surface area contributed by atoms with E-state index < -0.39 is 0 Å². The standard InChI is InChI=1S/C8H7BrCl2N2/c1-4-8-5(2-7(11)12-8)6(10)3-13(4)9/h2-4,12H,1H3. The van der Waals surface area contributed by atoms with Crippen molar-refractivity contribution in [2.24, 2.45) is 0 Å². The number of nitrogens with zero attached hydrogens (tertiary/aromatic N) is 1. The Hall–Kier alpha value is -0.120. The lowest BCUT2D eigenvalue weighted by molar-refractivity contribution is 0.494. The van der Waals surface area contributed by atoms with Crippen LogP contribution in [0.1, 0.15) is 24.2 Å². The first-order valence-corrected chi connectivity index (χ1v) is 5.26. The van der Waals surface area contributed by atoms with Crippen molar-refractivity contribution in [3.63, 3.8) is 0 Å². The maximum absolute atomic E-state index is 6.03. The van der Waals surface area contributed by atoms with Gasteiger partial charge in [-0.2, -0.15) is 0 Å². The second-order valence-corrected chi connectivity index (χ2v) is 4.58. The fourth-order valence-corrected chi connectivity index (χ4v) is 2.38. The number of halogens is 3. The van der Waals surface area contributed by atoms with Gasteiger partial charge >= 0.3 is 0 Å². The van der Waals surface area contributed by atoms with Gasteiger partial charge in [0.2, 0.25) is 0 Å². The highest BCUT2D eigenvalue weighted by molar-refractivity contribution is 9.07. The molecule has 1 aromatic heterocycles. The van der Waals surface area contributed by atoms with Gasteiger partial charge in [0.15, 0.2) is 0 Å². The van der Waals surface area contributed by atoms with Gasteiger partial charge in [-0.1, -0.05) is 23.2 Å². The van der Waals surface area contributed by atoms with Gasteiger partial charge in [-0.25, -0.2) is 0 Å². The van der Waals surface area contributed by atoms with Crippen LogP contribution in [0, 0.1) is 0 Å². The van der Waals surface area contributed by atoms with Crippen molar-refractivity contribution in [3.05, 3.63) is 28.7 Å². The number of fused-ring (bicyclic) bond motifs is 1. The minimum Gasteiger partial charge on any atom is -0.347 e. The van der Waals surface area contributed by atoms with Crippen molar-refractivity contribution in [2.45, 2.75) is 13.0 Å². The van der Waals surface area contributed by atoms with Gasteiger partial charge in [0, 0.05) is 33.6 Å². The van der Waals surface area contributed by atoms with Gasteiger partial charge in [0.1, 0.15) is 5.15 Å². The van der Waals surface area contributed by atoms with Crippen molar-refractivity contribution < 1.29 is 0 Å². The summed E-state index contributed by atoms with van der Waals surface area (Å²) in [5, 5.41) is 1.30. The summed E-state index contributed by atoms with van der Waals surface area (Å²) in [6.07, 6.45) is 1.83. The third-order valence-electron chi connectivity index (χ3n) is 2.10. The average molecular weight is 282 g/mol. The number of nitrogens with one attached hydrogen (secondary N) is 1. The Morgan fingerprint density at radius 1 is 1.54 bits per heavy atom. The van der Waals surface area contributed by atoms with Crippen LogP contribution in [0.4, 0.5) is 0 Å². The van der Waals surface area contributed by atoms with Crippen LogP contribution in [-0.2, 0) is 0 Å². The Labute approximate surface area is 94.8 Å². The molecule has 0 bridgehead atoms. The van der Waals surface area contributed by atoms with Gasteiger partial charge < -0.3 is 8.91 Å². The van der Waals surface area contributed by atoms with Crippen LogP contribution in [0.2, 0.25) is 5.15 Å². The van der Waals surface area contributed by atoms with E-state index in [0.717, 1.165) is 11.3 Å². The third kappa shape index (κ3) is 1.49. The lowest BCUT2D eigenvalue weighted by Crippen LogP contribution is -2.15. The molecule has 1 atom stereocenters. The normalized spacial score (nSPS) is 21.4. The summed E-state index contributed by atoms with van der Waals surface area (Å²) in [6.45, 7) is 2.06. The van der Waals surface area contributed by atoms with E-state index in [0.29, 0.717) is 10.2 Å². The largest absolute Gasteiger partial charge is 0.347 e. The molecule has 2 heterocycles. The van der Waals surface area contributed by atoms with E-state index in [1.165, 1.54) is 0 Å². The minimum atomic E-state index is 0.213. The van der Waals surface area contributed by atoms with Gasteiger partial charge in [0.05, 0.1) is 11.1 Å². The van der Waals surface area contributed by atoms with Crippen molar-refractivity contribution >= 4 is 44.4 Å². The quantitative estimate of drug-likeness (QED) is 0.715. The van der Waals surface area contributed by atoms with Crippen molar-refractivity contribution in [3.8, 4) is 0 Å². The molecule has 1 unspecified atom stereocenters. The highest BCUT2D eigenvalue weighted by Crippen LogP contribution is 2.38. The summed E-state index contributed by atoms with van der Waals surface area (Å²) in [5.74, 6) is 0. The molecular formula is C8H7BrCl2N2. The van der Waals surface area contributed by atoms with E-state index in [9.17, 15) is 0 Å². The molecule has 1 N–H and O–H groups in total. The van der Waals surface area contributed by atoms with E-state index in [4.69, 9.17) is 23.2 Å². The van der Waals surface area contributed by atoms with Crippen LogP contribution >= 0.6 is 39.3 Å². The molecule has 0 fully saturated rings. The molecular weight excluding hydrogens is 275 g/mol. The first-order valence-electron chi connectivity index (χ1n) is 3.80. The second kappa shape index (κ2) is 3.23. The van der Waals surface area contributed by atoms with Gasteiger partial charge in [-0.05, 0) is 13.0 Å². The zero-order valence-electron chi connectivity index (χ0n) is 6.81. The lowest BCUT2D eigenvalue weighted by Gasteiger charge is -2.25. The van der Waals surface area contributed by atoms with Crippen LogP contribution in [0.5, 0.6) is 0 Å². The number of H-pyrrole nitrogens is 1. The highest BCUT2D eigenvalue weighted by Gasteiger charge is 2.24. The molecule has 0 aliphatic carbocycles. The van der Waals surface area contributed by atoms with Crippen LogP contribution < -0.4 is 0 Å². The monoisotopic (exact) mass is 280 g/mol. The molecule has 70 valence electrons. The summed E-state index contributed by atoms with van der Waals surface area (Å²) in [6, 6.07) is 2.05. The Morgan fingerprint density at radius 3 is 2.92 bits per heavy atom. The molecule has 0 amide bonds. The zero-order chi connectivity index (χ0) is 9.59. The smallest absolute Gasteiger partial charge is 0.107 e. The Balaban J connectivity index is 2.57. The van der Waals surface area contributed by atoms with Crippen LogP contribution in [0.3, 0.4) is 0 Å². The Kier molecular flexibility index (Phi) is 2.34. The summed E-state index contributed by atoms with van der Waals surface area (Å²) in [5.41, 5.74) is 2.02. The van der Waals surface area contributed by atoms with E-state index >= 15 is 0 Å². The maximum atomic E-state index is 6.03. The second-order valence-electron chi connectivity index (χ2n) is 2.94. The fourth-order valence-electron chi connectivity index (χ4n) is 1.38. The first-order chi connectivity index (χ1) is 6.09. The van der Waals surface area contributed by atoms with Crippen molar-refractivity contribution in [1.82, 2.24) is 8.91 Å². The van der Waals surface area contributed by atoms with Crippen LogP contribution in [0.25, 0.3) is 5.03 Å². The molecule has 0 radical (unpaired) electrons. The summed E-state index contributed by atoms with van der Waals surface area (Å²) >= 11 is 15.3. The molecule has 1 aliphatic rings. The number of hydrogen-bond donors (Lipinski definition) is 1. The molecule has 1 aromatic rings. The van der Waals surface area contributed by atoms with Crippen LogP contribution in [-0.4, -0.2) is 8.91 Å². The Bertz CT molecular complexity index is 372. The van der Waals surface area contributed by atoms with E-state index in [1.54, 1.807) is 0 Å². The highest BCUT2D eigenvalue weighted by atomic mass is 79.9. The first kappa shape index (κ1) is 9.44. The number of aromatic nitrogens is 1. The number of rotatable bonds is 0. The minimum absolute atomic E-state index is 0.213. The molecule has 0 aromatic carbocycles. The SMILES string of the molecule is CC1c2[nH]c(Cl)cc2C(Cl)=CN1Br. The summed E-state index contributed by atoms with van der Waals surface area (Å²) in [7, 11) is 0. The van der Waals surface area contributed by atoms with Gasteiger partial charge in [-0.15, -0.1) is 0 Å². The predicted octanol–water partition coefficient (Wildman–Crippen LogP) is 3.89. The number of hydrogen-bond acceptors (Lipinski definition) is 1. The molecule has 13 heavy (non-hydrogen) atoms. The van der Waals surface area contributed by atoms with E-state index in [2.05, 4.69) is 28.1 Å². The Morgan fingerprint density at radius 2 is 2.23 bits per heavy atom. The lowest BCUT2D eigenvalue weighted by atomic mass is 10.1. The zero-order valence-corrected chi connectivity index (χ0v) is 9.91. The topological polar surface area (TPSA) is 19.0 Å². The summed E-state index contributed by atoms with van der Waals surface area (Å²) in [4.78, 5) is 3.08. The molecule has 0 saturated carbocycles. The van der Waals surface area contributed by atoms with Gasteiger partial charge in [-0.3, -0.25) is 0 Å². The predicted molar refractivity (Wildman–Crippen MR) is 58.8 cm³/mol. The van der Waals surface area contributed by atoms with Crippen LogP contribution in [0.15, 0.2) is 12.3 Å². The summed E-state index contributed by atoms with van der Waals surface area (Å²) < 4.78 is 1.87. The van der Waals surface area contributed by atoms with Crippen molar-refractivity contribution in [2.75, 3.05) is 0 Å². The molecule has 1 aliphatic heterocycles. The van der Waals surface area contributed by atoms with Crippen molar-refractivity contribution in [1.29, 1.82) is 0 Å². The van der Waals surface area contributed by atoms with E-state index in [-0.39, 0.29) is 6.04 Å².